The van der Waals surface area contributed by atoms with Gasteiger partial charge in [-0.15, -0.1) is 0 Å². The van der Waals surface area contributed by atoms with Crippen molar-refractivity contribution < 1.29 is 22.7 Å². The van der Waals surface area contributed by atoms with Crippen molar-refractivity contribution in [2.75, 3.05) is 6.26 Å². The van der Waals surface area contributed by atoms with Crippen molar-refractivity contribution >= 4 is 32.3 Å². The normalized spacial score (nSPS) is 16.0. The minimum absolute atomic E-state index is 0.181. The molecule has 0 aliphatic heterocycles. The summed E-state index contributed by atoms with van der Waals surface area (Å²) in [6.07, 6.45) is 6.75. The van der Waals surface area contributed by atoms with Gasteiger partial charge in [0.1, 0.15) is 17.8 Å². The molecule has 234 valence electrons. The van der Waals surface area contributed by atoms with Gasteiger partial charge in [0.2, 0.25) is 0 Å². The molecule has 47 heavy (non-hydrogen) atoms. The van der Waals surface area contributed by atoms with E-state index in [0.29, 0.717) is 35.6 Å². The monoisotopic (exact) mass is 640 g/mol. The van der Waals surface area contributed by atoms with E-state index in [4.69, 9.17) is 4.74 Å². The zero-order valence-corrected chi connectivity index (χ0v) is 26.8. The Hall–Kier alpha value is -5.34. The van der Waals surface area contributed by atoms with Gasteiger partial charge in [-0.05, 0) is 89.7 Å². The number of aryl methyl sites for hydroxylation is 1. The summed E-state index contributed by atoms with van der Waals surface area (Å²) in [6.45, 7) is 2.85. The van der Waals surface area contributed by atoms with Crippen LogP contribution in [0, 0.1) is 6.92 Å². The lowest BCUT2D eigenvalue weighted by Crippen LogP contribution is -2.40. The van der Waals surface area contributed by atoms with Gasteiger partial charge >= 0.3 is 0 Å². The standard InChI is InChI=1S/C39H32N2O5S/c1-26-23-41(24-28-8-12-32(13-9-28)47(2,44)45)36-20-30(10-14-33(26)36)39(22-27-16-18-40-19-17-27)37(42)34-15-11-31(21-35(34)38(39)43)46-25-29-6-4-3-5-7-29/h3-21,23H,22,24-25H2,1-2H3. The summed E-state index contributed by atoms with van der Waals surface area (Å²) >= 11 is 0. The highest BCUT2D eigenvalue weighted by molar-refractivity contribution is 7.90. The fourth-order valence-electron chi connectivity index (χ4n) is 6.55. The molecule has 1 atom stereocenters. The molecule has 0 amide bonds. The van der Waals surface area contributed by atoms with E-state index in [1.165, 1.54) is 6.26 Å². The van der Waals surface area contributed by atoms with Crippen LogP contribution in [0.15, 0.2) is 127 Å². The van der Waals surface area contributed by atoms with Crippen LogP contribution in [0.2, 0.25) is 0 Å². The predicted molar refractivity (Wildman–Crippen MR) is 181 cm³/mol. The molecular weight excluding hydrogens is 609 g/mol. The van der Waals surface area contributed by atoms with Crippen LogP contribution in [0.25, 0.3) is 10.9 Å². The summed E-state index contributed by atoms with van der Waals surface area (Å²) in [4.78, 5) is 33.6. The van der Waals surface area contributed by atoms with Crippen LogP contribution in [0.4, 0.5) is 0 Å². The van der Waals surface area contributed by atoms with Gasteiger partial charge in [-0.25, -0.2) is 8.42 Å². The molecule has 0 spiro atoms. The molecule has 1 aliphatic rings. The van der Waals surface area contributed by atoms with E-state index in [1.54, 1.807) is 42.7 Å². The number of rotatable bonds is 9. The molecule has 8 heteroatoms. The highest BCUT2D eigenvalue weighted by Crippen LogP contribution is 2.44. The topological polar surface area (TPSA) is 95.3 Å². The molecule has 2 heterocycles. The summed E-state index contributed by atoms with van der Waals surface area (Å²) in [5.74, 6) is 0.0230. The molecule has 7 nitrogen and oxygen atoms in total. The van der Waals surface area contributed by atoms with Crippen molar-refractivity contribution in [3.05, 3.63) is 161 Å². The molecule has 1 unspecified atom stereocenters. The largest absolute Gasteiger partial charge is 0.489 e. The first-order valence-corrected chi connectivity index (χ1v) is 17.2. The average Bonchev–Trinajstić information content (AvgIpc) is 3.50. The number of fused-ring (bicyclic) bond motifs is 2. The van der Waals surface area contributed by atoms with Gasteiger partial charge in [0, 0.05) is 53.4 Å². The second-order valence-electron chi connectivity index (χ2n) is 12.2. The Morgan fingerprint density at radius 1 is 0.766 bits per heavy atom. The molecule has 0 saturated carbocycles. The summed E-state index contributed by atoms with van der Waals surface area (Å²) in [7, 11) is -3.31. The van der Waals surface area contributed by atoms with Crippen molar-refractivity contribution in [2.24, 2.45) is 0 Å². The van der Waals surface area contributed by atoms with Crippen molar-refractivity contribution in [3.63, 3.8) is 0 Å². The molecule has 2 aromatic heterocycles. The lowest BCUT2D eigenvalue weighted by atomic mass is 9.71. The molecule has 0 bridgehead atoms. The summed E-state index contributed by atoms with van der Waals surface area (Å²) in [5, 5.41) is 1.01. The summed E-state index contributed by atoms with van der Waals surface area (Å²) < 4.78 is 32.1. The molecule has 6 aromatic rings. The fraction of sp³-hybridized carbons (Fsp3) is 0.154. The minimum atomic E-state index is -3.31. The van der Waals surface area contributed by atoms with Crippen LogP contribution in [0.1, 0.15) is 48.5 Å². The Morgan fingerprint density at radius 2 is 1.49 bits per heavy atom. The quantitative estimate of drug-likeness (QED) is 0.159. The smallest absolute Gasteiger partial charge is 0.182 e. The maximum Gasteiger partial charge on any atom is 0.182 e. The van der Waals surface area contributed by atoms with Gasteiger partial charge in [0.15, 0.2) is 21.4 Å². The zero-order chi connectivity index (χ0) is 32.8. The number of hydrogen-bond acceptors (Lipinski definition) is 6. The first-order valence-electron chi connectivity index (χ1n) is 15.3. The van der Waals surface area contributed by atoms with E-state index in [0.717, 1.165) is 33.2 Å². The van der Waals surface area contributed by atoms with Crippen molar-refractivity contribution in [1.29, 1.82) is 0 Å². The van der Waals surface area contributed by atoms with E-state index in [2.05, 4.69) is 9.55 Å². The highest BCUT2D eigenvalue weighted by atomic mass is 32.2. The van der Waals surface area contributed by atoms with Gasteiger partial charge in [-0.2, -0.15) is 0 Å². The van der Waals surface area contributed by atoms with Crippen LogP contribution < -0.4 is 4.74 Å². The van der Waals surface area contributed by atoms with E-state index >= 15 is 0 Å². The second kappa shape index (κ2) is 11.8. The molecule has 4 aromatic carbocycles. The molecule has 0 saturated heterocycles. The lowest BCUT2D eigenvalue weighted by Gasteiger charge is -2.27. The second-order valence-corrected chi connectivity index (χ2v) is 14.2. The Balaban J connectivity index is 1.30. The summed E-state index contributed by atoms with van der Waals surface area (Å²) in [6, 6.07) is 31.3. The van der Waals surface area contributed by atoms with Gasteiger partial charge < -0.3 is 9.30 Å². The van der Waals surface area contributed by atoms with Gasteiger partial charge in [-0.3, -0.25) is 14.6 Å². The van der Waals surface area contributed by atoms with E-state index in [9.17, 15) is 18.0 Å². The van der Waals surface area contributed by atoms with E-state index in [1.807, 2.05) is 85.9 Å². The number of aromatic nitrogens is 2. The first kappa shape index (κ1) is 30.3. The lowest BCUT2D eigenvalue weighted by molar-refractivity contribution is 0.0793. The SMILES string of the molecule is Cc1cn(Cc2ccc(S(C)(=O)=O)cc2)c2cc(C3(Cc4ccncc4)C(=O)c4ccc(OCc5ccccc5)cc4C3=O)ccc12. The number of sulfone groups is 1. The number of ketones is 2. The maximum absolute atomic E-state index is 14.6. The fourth-order valence-corrected chi connectivity index (χ4v) is 7.18. The Bertz CT molecular complexity index is 2260. The molecule has 0 N–H and O–H groups in total. The van der Waals surface area contributed by atoms with E-state index in [-0.39, 0.29) is 22.9 Å². The molecular formula is C39H32N2O5S. The number of Topliss-reactive ketones (excluding diaryl/α,β-unsaturated/α-hetero) is 2. The number of nitrogens with zero attached hydrogens (tertiary/aromatic N) is 2. The number of ether oxygens (including phenoxy) is 1. The Labute approximate surface area is 273 Å². The van der Waals surface area contributed by atoms with Gasteiger partial charge in [0.25, 0.3) is 0 Å². The third-order valence-electron chi connectivity index (χ3n) is 9.00. The average molecular weight is 641 g/mol. The minimum Gasteiger partial charge on any atom is -0.489 e. The third-order valence-corrected chi connectivity index (χ3v) is 10.1. The van der Waals surface area contributed by atoms with Crippen molar-refractivity contribution in [3.8, 4) is 5.75 Å². The number of carbonyl (C=O) groups excluding carboxylic acids is 2. The van der Waals surface area contributed by atoms with Crippen LogP contribution in [0.5, 0.6) is 5.75 Å². The zero-order valence-electron chi connectivity index (χ0n) is 26.0. The molecule has 0 radical (unpaired) electrons. The number of benzene rings is 4. The highest BCUT2D eigenvalue weighted by Gasteiger charge is 2.54. The third kappa shape index (κ3) is 5.55. The summed E-state index contributed by atoms with van der Waals surface area (Å²) in [5.41, 5.74) is 4.56. The van der Waals surface area contributed by atoms with Crippen LogP contribution in [-0.4, -0.2) is 35.8 Å². The molecule has 1 aliphatic carbocycles. The van der Waals surface area contributed by atoms with Gasteiger partial charge in [-0.1, -0.05) is 54.6 Å². The predicted octanol–water partition coefficient (Wildman–Crippen LogP) is 6.94. The van der Waals surface area contributed by atoms with Crippen LogP contribution in [0.3, 0.4) is 0 Å². The molecule has 7 rings (SSSR count). The maximum atomic E-state index is 14.6. The first-order chi connectivity index (χ1) is 22.6. The number of hydrogen-bond donors (Lipinski definition) is 0. The van der Waals surface area contributed by atoms with Gasteiger partial charge in [0.05, 0.1) is 4.90 Å². The Morgan fingerprint density at radius 3 is 2.21 bits per heavy atom. The number of carbonyl (C=O) groups is 2. The number of pyridine rings is 1. The van der Waals surface area contributed by atoms with Crippen LogP contribution in [-0.2, 0) is 34.8 Å². The van der Waals surface area contributed by atoms with Crippen LogP contribution >= 0.6 is 0 Å². The van der Waals surface area contributed by atoms with E-state index < -0.39 is 15.3 Å². The van der Waals surface area contributed by atoms with Crippen molar-refractivity contribution in [1.82, 2.24) is 9.55 Å². The molecule has 0 fully saturated rings. The Kier molecular flexibility index (Phi) is 7.60. The van der Waals surface area contributed by atoms with Crippen molar-refractivity contribution in [2.45, 2.75) is 36.8 Å².